The van der Waals surface area contributed by atoms with Crippen molar-refractivity contribution in [1.29, 1.82) is 0 Å². The Kier molecular flexibility index (Phi) is 4.70. The zero-order chi connectivity index (χ0) is 22.5. The van der Waals surface area contributed by atoms with Crippen LogP contribution in [0.15, 0.2) is 71.5 Å². The standard InChI is InChI=1S/C22H11ClF4N4O/c23-17-10-14(22(25,26)27)11-28-21(17)31-8-7-18(29-31)13-3-6-19-16(9-13)20(32-30-19)12-1-4-15(24)5-2-12/h1-11H. The molecule has 0 saturated carbocycles. The minimum absolute atomic E-state index is 0.0731. The molecule has 5 nitrogen and oxygen atoms in total. The van der Waals surface area contributed by atoms with Crippen LogP contribution in [0.5, 0.6) is 0 Å². The Labute approximate surface area is 182 Å². The maximum Gasteiger partial charge on any atom is 0.417 e. The first-order valence-corrected chi connectivity index (χ1v) is 9.62. The summed E-state index contributed by atoms with van der Waals surface area (Å²) in [5.41, 5.74) is 1.59. The molecule has 0 aliphatic rings. The number of hydrogen-bond donors (Lipinski definition) is 0. The van der Waals surface area contributed by atoms with Crippen LogP contribution < -0.4 is 0 Å². The fourth-order valence-corrected chi connectivity index (χ4v) is 3.51. The SMILES string of the molecule is Fc1ccc(-c2onc3ccc(-c4ccn(-c5ncc(C(F)(F)F)cc5Cl)n4)cc23)cc1. The van der Waals surface area contributed by atoms with Gasteiger partial charge < -0.3 is 4.52 Å². The fraction of sp³-hybridized carbons (Fsp3) is 0.0455. The van der Waals surface area contributed by atoms with Crippen LogP contribution in [0.2, 0.25) is 5.02 Å². The molecule has 10 heteroatoms. The van der Waals surface area contributed by atoms with Crippen LogP contribution in [-0.4, -0.2) is 19.9 Å². The third kappa shape index (κ3) is 3.60. The van der Waals surface area contributed by atoms with E-state index in [4.69, 9.17) is 16.1 Å². The summed E-state index contributed by atoms with van der Waals surface area (Å²) in [6.45, 7) is 0. The topological polar surface area (TPSA) is 56.7 Å². The highest BCUT2D eigenvalue weighted by molar-refractivity contribution is 6.32. The van der Waals surface area contributed by atoms with Gasteiger partial charge in [0.15, 0.2) is 11.6 Å². The Morgan fingerprint density at radius 1 is 0.938 bits per heavy atom. The second-order valence-corrected chi connectivity index (χ2v) is 7.33. The van der Waals surface area contributed by atoms with E-state index in [1.807, 2.05) is 6.07 Å². The number of benzene rings is 2. The molecule has 0 N–H and O–H groups in total. The summed E-state index contributed by atoms with van der Waals surface area (Å²) in [7, 11) is 0. The average molecular weight is 459 g/mol. The van der Waals surface area contributed by atoms with Gasteiger partial charge in [0, 0.05) is 23.5 Å². The quantitative estimate of drug-likeness (QED) is 0.287. The van der Waals surface area contributed by atoms with E-state index in [2.05, 4.69) is 15.2 Å². The van der Waals surface area contributed by atoms with Crippen LogP contribution in [0, 0.1) is 5.82 Å². The van der Waals surface area contributed by atoms with Crippen LogP contribution >= 0.6 is 11.6 Å². The van der Waals surface area contributed by atoms with E-state index >= 15 is 0 Å². The van der Waals surface area contributed by atoms with Gasteiger partial charge in [-0.05, 0) is 48.5 Å². The van der Waals surface area contributed by atoms with Crippen molar-refractivity contribution in [3.8, 4) is 28.4 Å². The van der Waals surface area contributed by atoms with Gasteiger partial charge in [-0.2, -0.15) is 18.3 Å². The highest BCUT2D eigenvalue weighted by atomic mass is 35.5. The lowest BCUT2D eigenvalue weighted by Gasteiger charge is -2.09. The third-order valence-corrected chi connectivity index (χ3v) is 5.11. The zero-order valence-electron chi connectivity index (χ0n) is 15.9. The molecule has 5 aromatic rings. The van der Waals surface area contributed by atoms with Crippen molar-refractivity contribution in [2.45, 2.75) is 6.18 Å². The summed E-state index contributed by atoms with van der Waals surface area (Å²) in [6, 6.07) is 13.7. The number of hydrogen-bond acceptors (Lipinski definition) is 4. The highest BCUT2D eigenvalue weighted by Gasteiger charge is 2.31. The summed E-state index contributed by atoms with van der Waals surface area (Å²) >= 11 is 6.02. The molecule has 0 atom stereocenters. The van der Waals surface area contributed by atoms with E-state index in [0.717, 1.165) is 6.07 Å². The summed E-state index contributed by atoms with van der Waals surface area (Å²) in [6.07, 6.45) is -2.28. The first kappa shape index (κ1) is 20.2. The van der Waals surface area contributed by atoms with Gasteiger partial charge in [-0.3, -0.25) is 0 Å². The number of pyridine rings is 1. The zero-order valence-corrected chi connectivity index (χ0v) is 16.7. The predicted molar refractivity (Wildman–Crippen MR) is 110 cm³/mol. The molecule has 0 unspecified atom stereocenters. The number of aromatic nitrogens is 4. The van der Waals surface area contributed by atoms with Crippen molar-refractivity contribution < 1.29 is 22.1 Å². The smallest absolute Gasteiger partial charge is 0.355 e. The second-order valence-electron chi connectivity index (χ2n) is 6.92. The van der Waals surface area contributed by atoms with Gasteiger partial charge in [0.05, 0.1) is 21.7 Å². The van der Waals surface area contributed by atoms with E-state index in [-0.39, 0.29) is 16.7 Å². The van der Waals surface area contributed by atoms with E-state index in [1.165, 1.54) is 16.8 Å². The summed E-state index contributed by atoms with van der Waals surface area (Å²) in [4.78, 5) is 3.82. The summed E-state index contributed by atoms with van der Waals surface area (Å²) in [5, 5.41) is 8.95. The Balaban J connectivity index is 1.52. The number of halogens is 5. The molecule has 160 valence electrons. The molecule has 0 bridgehead atoms. The van der Waals surface area contributed by atoms with Crippen molar-refractivity contribution >= 4 is 22.5 Å². The Bertz CT molecular complexity index is 1440. The van der Waals surface area contributed by atoms with Crippen molar-refractivity contribution in [3.05, 3.63) is 83.4 Å². The van der Waals surface area contributed by atoms with Crippen LogP contribution in [0.1, 0.15) is 5.56 Å². The maximum absolute atomic E-state index is 13.3. The largest absolute Gasteiger partial charge is 0.417 e. The van der Waals surface area contributed by atoms with Gasteiger partial charge >= 0.3 is 6.18 Å². The normalized spacial score (nSPS) is 11.9. The molecule has 2 aromatic carbocycles. The van der Waals surface area contributed by atoms with E-state index < -0.39 is 11.7 Å². The number of rotatable bonds is 3. The molecule has 5 rings (SSSR count). The summed E-state index contributed by atoms with van der Waals surface area (Å²) in [5.74, 6) is 0.192. The fourth-order valence-electron chi connectivity index (χ4n) is 3.26. The van der Waals surface area contributed by atoms with Crippen molar-refractivity contribution in [3.63, 3.8) is 0 Å². The van der Waals surface area contributed by atoms with Gasteiger partial charge in [0.2, 0.25) is 0 Å². The van der Waals surface area contributed by atoms with Crippen LogP contribution in [0.25, 0.3) is 39.3 Å². The van der Waals surface area contributed by atoms with E-state index in [9.17, 15) is 17.6 Å². The first-order chi connectivity index (χ1) is 15.3. The average Bonchev–Trinajstić information content (AvgIpc) is 3.40. The molecule has 3 heterocycles. The predicted octanol–water partition coefficient (Wildman–Crippen LogP) is 6.55. The molecule has 0 spiro atoms. The molecule has 0 radical (unpaired) electrons. The van der Waals surface area contributed by atoms with E-state index in [0.29, 0.717) is 39.7 Å². The summed E-state index contributed by atoms with van der Waals surface area (Å²) < 4.78 is 58.6. The Hall–Kier alpha value is -3.72. The minimum Gasteiger partial charge on any atom is -0.355 e. The molecule has 32 heavy (non-hydrogen) atoms. The van der Waals surface area contributed by atoms with Gasteiger partial charge in [0.25, 0.3) is 0 Å². The van der Waals surface area contributed by atoms with Crippen LogP contribution in [0.3, 0.4) is 0 Å². The first-order valence-electron chi connectivity index (χ1n) is 9.24. The molecular formula is C22H11ClF4N4O. The number of alkyl halides is 3. The van der Waals surface area contributed by atoms with Gasteiger partial charge in [0.1, 0.15) is 11.3 Å². The van der Waals surface area contributed by atoms with Gasteiger partial charge in [-0.25, -0.2) is 14.1 Å². The lowest BCUT2D eigenvalue weighted by molar-refractivity contribution is -0.137. The third-order valence-electron chi connectivity index (χ3n) is 4.83. The Morgan fingerprint density at radius 2 is 1.69 bits per heavy atom. The number of fused-ring (bicyclic) bond motifs is 1. The van der Waals surface area contributed by atoms with Gasteiger partial charge in [-0.1, -0.05) is 22.8 Å². The molecular weight excluding hydrogens is 448 g/mol. The molecule has 3 aromatic heterocycles. The molecule has 0 amide bonds. The maximum atomic E-state index is 13.3. The highest BCUT2D eigenvalue weighted by Crippen LogP contribution is 2.34. The van der Waals surface area contributed by atoms with Crippen LogP contribution in [0.4, 0.5) is 17.6 Å². The molecule has 0 aliphatic carbocycles. The molecule has 0 saturated heterocycles. The molecule has 0 fully saturated rings. The Morgan fingerprint density at radius 3 is 2.41 bits per heavy atom. The monoisotopic (exact) mass is 458 g/mol. The van der Waals surface area contributed by atoms with Crippen molar-refractivity contribution in [1.82, 2.24) is 19.9 Å². The van der Waals surface area contributed by atoms with Crippen molar-refractivity contribution in [2.75, 3.05) is 0 Å². The van der Waals surface area contributed by atoms with Gasteiger partial charge in [-0.15, -0.1) is 0 Å². The van der Waals surface area contributed by atoms with Crippen LogP contribution in [-0.2, 0) is 6.18 Å². The lowest BCUT2D eigenvalue weighted by atomic mass is 10.0. The van der Waals surface area contributed by atoms with E-state index in [1.54, 1.807) is 36.5 Å². The van der Waals surface area contributed by atoms with Crippen molar-refractivity contribution in [2.24, 2.45) is 0 Å². The minimum atomic E-state index is -4.54. The number of nitrogens with zero attached hydrogens (tertiary/aromatic N) is 4. The molecule has 0 aliphatic heterocycles. The second kappa shape index (κ2) is 7.45. The lowest BCUT2D eigenvalue weighted by Crippen LogP contribution is -2.08.